The lowest BCUT2D eigenvalue weighted by Gasteiger charge is -2.24. The zero-order valence-electron chi connectivity index (χ0n) is 16.8. The molecule has 1 aliphatic heterocycles. The van der Waals surface area contributed by atoms with E-state index < -0.39 is 23.8 Å². The number of imide groups is 1. The summed E-state index contributed by atoms with van der Waals surface area (Å²) in [6.45, 7) is 5.98. The number of fused-ring (bicyclic) bond motifs is 1. The van der Waals surface area contributed by atoms with Gasteiger partial charge < -0.3 is 15.4 Å². The number of carbonyl (C=O) groups excluding carboxylic acids is 4. The maximum absolute atomic E-state index is 13.0. The van der Waals surface area contributed by atoms with Gasteiger partial charge in [-0.3, -0.25) is 24.1 Å². The molecular formula is C21H27N3O5. The molecule has 0 fully saturated rings. The Labute approximate surface area is 170 Å². The van der Waals surface area contributed by atoms with Crippen LogP contribution < -0.4 is 15.4 Å². The lowest BCUT2D eigenvalue weighted by Crippen LogP contribution is -2.48. The third-order valence-corrected chi connectivity index (χ3v) is 4.62. The van der Waals surface area contributed by atoms with E-state index in [-0.39, 0.29) is 17.0 Å². The topological polar surface area (TPSA) is 105 Å². The molecule has 0 saturated heterocycles. The Bertz CT molecular complexity index is 806. The lowest BCUT2D eigenvalue weighted by atomic mass is 10.1. The minimum absolute atomic E-state index is 0.0851. The fourth-order valence-corrected chi connectivity index (χ4v) is 3.17. The molecule has 29 heavy (non-hydrogen) atoms. The predicted molar refractivity (Wildman–Crippen MR) is 108 cm³/mol. The number of amides is 4. The van der Waals surface area contributed by atoms with Gasteiger partial charge in [-0.25, -0.2) is 0 Å². The molecule has 0 aromatic heterocycles. The molecule has 0 radical (unpaired) electrons. The monoisotopic (exact) mass is 401 g/mol. The van der Waals surface area contributed by atoms with E-state index in [1.54, 1.807) is 24.3 Å². The Morgan fingerprint density at radius 1 is 1.24 bits per heavy atom. The first-order valence-corrected chi connectivity index (χ1v) is 9.63. The van der Waals surface area contributed by atoms with Crippen molar-refractivity contribution in [1.29, 1.82) is 0 Å². The van der Waals surface area contributed by atoms with Gasteiger partial charge in [-0.05, 0) is 37.8 Å². The van der Waals surface area contributed by atoms with Crippen molar-refractivity contribution in [3.8, 4) is 5.75 Å². The van der Waals surface area contributed by atoms with Gasteiger partial charge in [0.05, 0.1) is 17.7 Å². The molecule has 0 bridgehead atoms. The zero-order chi connectivity index (χ0) is 21.4. The summed E-state index contributed by atoms with van der Waals surface area (Å²) < 4.78 is 5.74. The quantitative estimate of drug-likeness (QED) is 0.333. The van der Waals surface area contributed by atoms with Crippen LogP contribution in [-0.4, -0.2) is 54.8 Å². The number of rotatable bonds is 11. The van der Waals surface area contributed by atoms with Crippen molar-refractivity contribution in [1.82, 2.24) is 15.5 Å². The summed E-state index contributed by atoms with van der Waals surface area (Å²) in [7, 11) is 1.47. The molecule has 4 amide bonds. The van der Waals surface area contributed by atoms with Crippen LogP contribution >= 0.6 is 0 Å². The third kappa shape index (κ3) is 5.22. The summed E-state index contributed by atoms with van der Waals surface area (Å²) in [5.41, 5.74) is 0.421. The van der Waals surface area contributed by atoms with Crippen LogP contribution in [0.2, 0.25) is 0 Å². The highest BCUT2D eigenvalue weighted by Gasteiger charge is 2.43. The molecule has 2 rings (SSSR count). The van der Waals surface area contributed by atoms with Gasteiger partial charge in [0, 0.05) is 20.5 Å². The third-order valence-electron chi connectivity index (χ3n) is 4.62. The molecule has 1 heterocycles. The Hall–Kier alpha value is -3.16. The number of hydrogen-bond acceptors (Lipinski definition) is 5. The van der Waals surface area contributed by atoms with E-state index in [1.165, 1.54) is 14.0 Å². The summed E-state index contributed by atoms with van der Waals surface area (Å²) in [4.78, 5) is 50.1. The van der Waals surface area contributed by atoms with Crippen molar-refractivity contribution < 1.29 is 23.9 Å². The summed E-state index contributed by atoms with van der Waals surface area (Å²) in [5, 5.41) is 5.22. The van der Waals surface area contributed by atoms with Crippen LogP contribution in [0, 0.1) is 0 Å². The second kappa shape index (κ2) is 10.4. The number of likely N-dealkylation sites (N-methyl/N-ethyl adjacent to an activating group) is 1. The summed E-state index contributed by atoms with van der Waals surface area (Å²) in [6, 6.07) is 3.95. The van der Waals surface area contributed by atoms with Crippen molar-refractivity contribution in [3.05, 3.63) is 42.0 Å². The van der Waals surface area contributed by atoms with E-state index >= 15 is 0 Å². The van der Waals surface area contributed by atoms with Crippen LogP contribution in [0.25, 0.3) is 0 Å². The Balaban J connectivity index is 2.14. The van der Waals surface area contributed by atoms with Crippen LogP contribution in [0.5, 0.6) is 5.75 Å². The normalized spacial score (nSPS) is 13.7. The Kier molecular flexibility index (Phi) is 7.94. The molecule has 1 aromatic rings. The van der Waals surface area contributed by atoms with Gasteiger partial charge in [-0.1, -0.05) is 12.1 Å². The van der Waals surface area contributed by atoms with E-state index in [4.69, 9.17) is 4.74 Å². The number of benzene rings is 1. The molecule has 8 heteroatoms. The minimum Gasteiger partial charge on any atom is -0.493 e. The van der Waals surface area contributed by atoms with Crippen LogP contribution in [0.3, 0.4) is 0 Å². The molecule has 1 unspecified atom stereocenters. The van der Waals surface area contributed by atoms with E-state index in [1.807, 2.05) is 0 Å². The van der Waals surface area contributed by atoms with Gasteiger partial charge in [0.2, 0.25) is 11.8 Å². The van der Waals surface area contributed by atoms with Gasteiger partial charge >= 0.3 is 0 Å². The van der Waals surface area contributed by atoms with Gasteiger partial charge in [0.15, 0.2) is 0 Å². The van der Waals surface area contributed by atoms with Crippen LogP contribution in [-0.2, 0) is 9.59 Å². The van der Waals surface area contributed by atoms with Crippen molar-refractivity contribution in [2.24, 2.45) is 0 Å². The van der Waals surface area contributed by atoms with E-state index in [0.29, 0.717) is 38.2 Å². The maximum Gasteiger partial charge on any atom is 0.266 e. The van der Waals surface area contributed by atoms with E-state index in [0.717, 1.165) is 11.3 Å². The predicted octanol–water partition coefficient (Wildman–Crippen LogP) is 1.66. The molecular weight excluding hydrogens is 374 g/mol. The average molecular weight is 401 g/mol. The van der Waals surface area contributed by atoms with Gasteiger partial charge in [-0.15, -0.1) is 6.58 Å². The summed E-state index contributed by atoms with van der Waals surface area (Å²) >= 11 is 0. The van der Waals surface area contributed by atoms with Gasteiger partial charge in [0.1, 0.15) is 11.8 Å². The van der Waals surface area contributed by atoms with Crippen molar-refractivity contribution in [2.45, 2.75) is 38.6 Å². The molecule has 2 N–H and O–H groups in total. The summed E-state index contributed by atoms with van der Waals surface area (Å²) in [5.74, 6) is -1.20. The zero-order valence-corrected chi connectivity index (χ0v) is 16.8. The standard InChI is InChI=1S/C21H27N3O5/c1-4-5-10-16(19(26)22-3)24-20(27)15-9-8-11-17(18(15)21(24)28)29-13-7-6-12-23-14(2)25/h4,8-9,11,16H,1,5-7,10,12-13H2,2-3H3,(H,22,26)(H,23,25). The van der Waals surface area contributed by atoms with Crippen LogP contribution in [0.1, 0.15) is 53.3 Å². The Morgan fingerprint density at radius 3 is 2.66 bits per heavy atom. The molecule has 0 spiro atoms. The number of ether oxygens (including phenoxy) is 1. The molecule has 1 aliphatic rings. The van der Waals surface area contributed by atoms with Crippen LogP contribution in [0.15, 0.2) is 30.9 Å². The largest absolute Gasteiger partial charge is 0.493 e. The van der Waals surface area contributed by atoms with E-state index in [2.05, 4.69) is 17.2 Å². The second-order valence-electron chi connectivity index (χ2n) is 6.69. The highest BCUT2D eigenvalue weighted by Crippen LogP contribution is 2.33. The molecule has 8 nitrogen and oxygen atoms in total. The molecule has 0 aliphatic carbocycles. The van der Waals surface area contributed by atoms with Crippen molar-refractivity contribution in [2.75, 3.05) is 20.2 Å². The number of allylic oxidation sites excluding steroid dienone is 1. The Morgan fingerprint density at radius 2 is 2.00 bits per heavy atom. The number of unbranched alkanes of at least 4 members (excludes halogenated alkanes) is 1. The highest BCUT2D eigenvalue weighted by atomic mass is 16.5. The first-order chi connectivity index (χ1) is 13.9. The number of nitrogens with zero attached hydrogens (tertiary/aromatic N) is 1. The van der Waals surface area contributed by atoms with Gasteiger partial charge in [-0.2, -0.15) is 0 Å². The first kappa shape index (κ1) is 22.1. The number of hydrogen-bond donors (Lipinski definition) is 2. The number of carbonyl (C=O) groups is 4. The number of nitrogens with one attached hydrogen (secondary N) is 2. The summed E-state index contributed by atoms with van der Waals surface area (Å²) in [6.07, 6.45) is 3.84. The molecule has 1 atom stereocenters. The SMILES string of the molecule is C=CCCC(C(=O)NC)N1C(=O)c2cccc(OCCCCNC(C)=O)c2C1=O. The second-order valence-corrected chi connectivity index (χ2v) is 6.69. The van der Waals surface area contributed by atoms with Gasteiger partial charge in [0.25, 0.3) is 11.8 Å². The van der Waals surface area contributed by atoms with Crippen LogP contribution in [0.4, 0.5) is 0 Å². The van der Waals surface area contributed by atoms with Crippen molar-refractivity contribution in [3.63, 3.8) is 0 Å². The fraction of sp³-hybridized carbons (Fsp3) is 0.429. The minimum atomic E-state index is -0.907. The smallest absolute Gasteiger partial charge is 0.266 e. The molecule has 1 aromatic carbocycles. The van der Waals surface area contributed by atoms with E-state index in [9.17, 15) is 19.2 Å². The molecule has 156 valence electrons. The maximum atomic E-state index is 13.0. The van der Waals surface area contributed by atoms with Crippen molar-refractivity contribution >= 4 is 23.6 Å². The average Bonchev–Trinajstić information content (AvgIpc) is 2.96. The lowest BCUT2D eigenvalue weighted by molar-refractivity contribution is -0.124. The molecule has 0 saturated carbocycles. The highest BCUT2D eigenvalue weighted by molar-refractivity contribution is 6.24. The first-order valence-electron chi connectivity index (χ1n) is 9.63. The fourth-order valence-electron chi connectivity index (χ4n) is 3.17.